The van der Waals surface area contributed by atoms with Crippen molar-refractivity contribution in [1.82, 2.24) is 10.1 Å². The largest absolute Gasteiger partial charge is 0.465 e. The van der Waals surface area contributed by atoms with Crippen LogP contribution in [-0.2, 0) is 4.79 Å². The Kier molecular flexibility index (Phi) is 5.19. The van der Waals surface area contributed by atoms with Gasteiger partial charge in [0.1, 0.15) is 5.76 Å². The van der Waals surface area contributed by atoms with E-state index in [0.717, 1.165) is 28.1 Å². The van der Waals surface area contributed by atoms with Crippen molar-refractivity contribution < 1.29 is 19.2 Å². The van der Waals surface area contributed by atoms with Crippen molar-refractivity contribution in [2.24, 2.45) is 0 Å². The molecule has 1 aromatic heterocycles. The summed E-state index contributed by atoms with van der Waals surface area (Å²) in [5.74, 6) is 0.657. The molecule has 0 fully saturated rings. The molecule has 1 aromatic carbocycles. The first-order valence-electron chi connectivity index (χ1n) is 9.51. The van der Waals surface area contributed by atoms with Crippen LogP contribution in [0.1, 0.15) is 57.2 Å². The molecule has 2 amide bonds. The van der Waals surface area contributed by atoms with E-state index in [2.05, 4.69) is 5.16 Å². The molecule has 0 radical (unpaired) electrons. The van der Waals surface area contributed by atoms with E-state index in [9.17, 15) is 14.7 Å². The molecule has 0 aliphatic carbocycles. The maximum atomic E-state index is 12.3. The maximum absolute atomic E-state index is 12.3. The van der Waals surface area contributed by atoms with E-state index in [1.165, 1.54) is 4.90 Å². The lowest BCUT2D eigenvalue weighted by atomic mass is 9.87. The third-order valence-corrected chi connectivity index (χ3v) is 5.43. The second-order valence-electron chi connectivity index (χ2n) is 7.75. The Balaban J connectivity index is 2.22. The van der Waals surface area contributed by atoms with Crippen molar-refractivity contribution in [1.29, 1.82) is 0 Å². The molecule has 2 unspecified atom stereocenters. The summed E-state index contributed by atoms with van der Waals surface area (Å²) in [6.07, 6.45) is -0.417. The highest BCUT2D eigenvalue weighted by molar-refractivity contribution is 5.94. The van der Waals surface area contributed by atoms with E-state index in [0.29, 0.717) is 12.2 Å². The zero-order chi connectivity index (χ0) is 20.7. The Labute approximate surface area is 164 Å². The number of aryl methyl sites for hydroxylation is 2. The fraction of sp³-hybridized carbons (Fsp3) is 0.476. The van der Waals surface area contributed by atoms with Crippen LogP contribution in [0.15, 0.2) is 22.7 Å². The van der Waals surface area contributed by atoms with Gasteiger partial charge in [-0.05, 0) is 64.3 Å². The fourth-order valence-corrected chi connectivity index (χ4v) is 4.34. The van der Waals surface area contributed by atoms with Crippen molar-refractivity contribution >= 4 is 17.7 Å². The number of carbonyl (C=O) groups is 2. The minimum Gasteiger partial charge on any atom is -0.465 e. The van der Waals surface area contributed by atoms with E-state index in [1.807, 2.05) is 52.8 Å². The summed E-state index contributed by atoms with van der Waals surface area (Å²) < 4.78 is 5.30. The number of benzene rings is 1. The lowest BCUT2D eigenvalue weighted by Gasteiger charge is -2.43. The van der Waals surface area contributed by atoms with Crippen LogP contribution >= 0.6 is 0 Å². The molecule has 0 bridgehead atoms. The molecule has 2 aromatic rings. The number of carboxylic acid groups (broad SMARTS) is 1. The van der Waals surface area contributed by atoms with E-state index in [4.69, 9.17) is 4.52 Å². The van der Waals surface area contributed by atoms with Gasteiger partial charge in [-0.25, -0.2) is 4.79 Å². The number of carbonyl (C=O) groups excluding carboxylic acids is 1. The average Bonchev–Trinajstić information content (AvgIpc) is 2.92. The molecule has 1 aliphatic heterocycles. The highest BCUT2D eigenvalue weighted by Gasteiger charge is 2.38. The second kappa shape index (κ2) is 7.30. The summed E-state index contributed by atoms with van der Waals surface area (Å²) in [5.41, 5.74) is 4.19. The van der Waals surface area contributed by atoms with Gasteiger partial charge in [-0.2, -0.15) is 0 Å². The SMILES string of the molecule is CC(=O)N1c2ccc(-c3c(C)noc3C)cc2C(N(C(=O)O)C(C)C)CC1C. The van der Waals surface area contributed by atoms with Gasteiger partial charge in [0.05, 0.1) is 11.7 Å². The number of aromatic nitrogens is 1. The second-order valence-corrected chi connectivity index (χ2v) is 7.75. The van der Waals surface area contributed by atoms with Crippen molar-refractivity contribution in [3.05, 3.63) is 35.2 Å². The molecule has 2 heterocycles. The van der Waals surface area contributed by atoms with Gasteiger partial charge in [-0.15, -0.1) is 0 Å². The summed E-state index contributed by atoms with van der Waals surface area (Å²) in [6, 6.07) is 5.21. The Morgan fingerprint density at radius 1 is 1.32 bits per heavy atom. The standard InChI is InChI=1S/C21H27N3O4/c1-11(2)23(21(26)27)19-9-12(3)24(15(6)25)18-8-7-16(10-17(18)19)20-13(4)22-28-14(20)5/h7-8,10-12,19H,9H2,1-6H3,(H,26,27). The quantitative estimate of drug-likeness (QED) is 0.838. The third kappa shape index (κ3) is 3.25. The van der Waals surface area contributed by atoms with E-state index >= 15 is 0 Å². The maximum Gasteiger partial charge on any atom is 0.408 e. The molecule has 3 rings (SSSR count). The highest BCUT2D eigenvalue weighted by atomic mass is 16.5. The van der Waals surface area contributed by atoms with Crippen LogP contribution in [-0.4, -0.2) is 39.2 Å². The molecule has 0 saturated heterocycles. The number of anilines is 1. The number of hydrogen-bond acceptors (Lipinski definition) is 4. The molecule has 0 saturated carbocycles. The zero-order valence-corrected chi connectivity index (χ0v) is 17.2. The van der Waals surface area contributed by atoms with Crippen molar-refractivity contribution in [2.45, 2.75) is 66.1 Å². The minimum absolute atomic E-state index is 0.0521. The molecule has 0 spiro atoms. The van der Waals surface area contributed by atoms with Crippen LogP contribution in [0.3, 0.4) is 0 Å². The third-order valence-electron chi connectivity index (χ3n) is 5.43. The molecule has 150 valence electrons. The summed E-state index contributed by atoms with van der Waals surface area (Å²) in [6.45, 7) is 11.0. The zero-order valence-electron chi connectivity index (χ0n) is 17.2. The molecular formula is C21H27N3O4. The number of amides is 2. The van der Waals surface area contributed by atoms with Gasteiger partial charge in [0.15, 0.2) is 0 Å². The smallest absolute Gasteiger partial charge is 0.408 e. The summed E-state index contributed by atoms with van der Waals surface area (Å²) >= 11 is 0. The topological polar surface area (TPSA) is 86.9 Å². The van der Waals surface area contributed by atoms with Crippen LogP contribution < -0.4 is 4.90 Å². The van der Waals surface area contributed by atoms with Crippen LogP contribution in [0, 0.1) is 13.8 Å². The number of rotatable bonds is 3. The fourth-order valence-electron chi connectivity index (χ4n) is 4.34. The summed E-state index contributed by atoms with van der Waals surface area (Å²) in [4.78, 5) is 27.6. The summed E-state index contributed by atoms with van der Waals surface area (Å²) in [5, 5.41) is 13.9. The molecule has 2 atom stereocenters. The first kappa shape index (κ1) is 19.9. The van der Waals surface area contributed by atoms with Gasteiger partial charge < -0.3 is 14.5 Å². The van der Waals surface area contributed by atoms with Crippen LogP contribution in [0.5, 0.6) is 0 Å². The number of nitrogens with zero attached hydrogens (tertiary/aromatic N) is 3. The number of fused-ring (bicyclic) bond motifs is 1. The minimum atomic E-state index is -0.961. The van der Waals surface area contributed by atoms with E-state index in [1.54, 1.807) is 11.8 Å². The lowest BCUT2D eigenvalue weighted by molar-refractivity contribution is -0.117. The van der Waals surface area contributed by atoms with Crippen LogP contribution in [0.2, 0.25) is 0 Å². The predicted octanol–water partition coefficient (Wildman–Crippen LogP) is 4.53. The van der Waals surface area contributed by atoms with Gasteiger partial charge in [0.2, 0.25) is 5.91 Å². The molecule has 7 nitrogen and oxygen atoms in total. The van der Waals surface area contributed by atoms with Gasteiger partial charge in [0.25, 0.3) is 0 Å². The van der Waals surface area contributed by atoms with Crippen molar-refractivity contribution in [3.8, 4) is 11.1 Å². The molecule has 1 N–H and O–H groups in total. The Morgan fingerprint density at radius 3 is 2.50 bits per heavy atom. The van der Waals surface area contributed by atoms with Crippen molar-refractivity contribution in [2.75, 3.05) is 4.90 Å². The van der Waals surface area contributed by atoms with Gasteiger partial charge in [0, 0.05) is 30.3 Å². The molecular weight excluding hydrogens is 358 g/mol. The van der Waals surface area contributed by atoms with Gasteiger partial charge in [-0.1, -0.05) is 11.2 Å². The number of hydrogen-bond donors (Lipinski definition) is 1. The monoisotopic (exact) mass is 385 g/mol. The van der Waals surface area contributed by atoms with Crippen molar-refractivity contribution in [3.63, 3.8) is 0 Å². The first-order chi connectivity index (χ1) is 13.1. The Morgan fingerprint density at radius 2 is 2.00 bits per heavy atom. The van der Waals surface area contributed by atoms with Crippen LogP contribution in [0.4, 0.5) is 10.5 Å². The predicted molar refractivity (Wildman–Crippen MR) is 106 cm³/mol. The summed E-state index contributed by atoms with van der Waals surface area (Å²) in [7, 11) is 0. The van der Waals surface area contributed by atoms with Crippen LogP contribution in [0.25, 0.3) is 11.1 Å². The Hall–Kier alpha value is -2.83. The Bertz CT molecular complexity index is 899. The molecule has 28 heavy (non-hydrogen) atoms. The highest BCUT2D eigenvalue weighted by Crippen LogP contribution is 2.43. The van der Waals surface area contributed by atoms with E-state index in [-0.39, 0.29) is 24.0 Å². The molecule has 1 aliphatic rings. The normalized spacial score (nSPS) is 18.9. The van der Waals surface area contributed by atoms with Gasteiger partial charge >= 0.3 is 6.09 Å². The average molecular weight is 385 g/mol. The lowest BCUT2D eigenvalue weighted by Crippen LogP contribution is -2.48. The van der Waals surface area contributed by atoms with Gasteiger partial charge in [-0.3, -0.25) is 9.69 Å². The van der Waals surface area contributed by atoms with E-state index < -0.39 is 6.09 Å². The first-order valence-corrected chi connectivity index (χ1v) is 9.51. The molecule has 7 heteroatoms.